The summed E-state index contributed by atoms with van der Waals surface area (Å²) in [6, 6.07) is 9.67. The Bertz CT molecular complexity index is 1440. The maximum atomic E-state index is 13.7. The second kappa shape index (κ2) is 11.5. The Kier molecular flexibility index (Phi) is 7.94. The maximum absolute atomic E-state index is 13.7. The minimum Gasteiger partial charge on any atom is -0.450 e. The second-order valence-electron chi connectivity index (χ2n) is 9.55. The highest BCUT2D eigenvalue weighted by atomic mass is 32.1. The molecule has 2 aliphatic rings. The number of fused-ring (bicyclic) bond motifs is 3. The van der Waals surface area contributed by atoms with Gasteiger partial charge in [0.15, 0.2) is 0 Å². The molecule has 0 aliphatic carbocycles. The maximum Gasteiger partial charge on any atom is 0.410 e. The highest BCUT2D eigenvalue weighted by Gasteiger charge is 2.29. The largest absolute Gasteiger partial charge is 0.450 e. The van der Waals surface area contributed by atoms with Crippen molar-refractivity contribution in [3.63, 3.8) is 0 Å². The molecule has 1 N–H and O–H groups in total. The minimum absolute atomic E-state index is 0.0153. The topological polar surface area (TPSA) is 112 Å². The number of amides is 2. The van der Waals surface area contributed by atoms with Gasteiger partial charge in [-0.05, 0) is 43.7 Å². The smallest absolute Gasteiger partial charge is 0.410 e. The average molecular weight is 541 g/mol. The van der Waals surface area contributed by atoms with Crippen molar-refractivity contribution >= 4 is 33.6 Å². The molecule has 2 amide bonds. The number of nitrogens with zero attached hydrogens (tertiary/aromatic N) is 3. The van der Waals surface area contributed by atoms with E-state index in [0.717, 1.165) is 28.8 Å². The van der Waals surface area contributed by atoms with Crippen LogP contribution in [-0.2, 0) is 46.7 Å². The van der Waals surface area contributed by atoms with Crippen molar-refractivity contribution in [2.45, 2.75) is 58.3 Å². The van der Waals surface area contributed by atoms with Crippen molar-refractivity contribution in [1.82, 2.24) is 19.4 Å². The number of rotatable bonds is 8. The summed E-state index contributed by atoms with van der Waals surface area (Å²) < 4.78 is 13.4. The van der Waals surface area contributed by atoms with Gasteiger partial charge in [-0.25, -0.2) is 9.59 Å². The molecule has 5 rings (SSSR count). The summed E-state index contributed by atoms with van der Waals surface area (Å²) in [5, 5.41) is 3.34. The highest BCUT2D eigenvalue weighted by Crippen LogP contribution is 2.33. The molecule has 38 heavy (non-hydrogen) atoms. The normalized spacial score (nSPS) is 17.0. The van der Waals surface area contributed by atoms with E-state index in [1.807, 2.05) is 30.3 Å². The standard InChI is InChI=1S/C27H32N4O6S/c1-2-36-27(35)29-12-11-20-21(16-29)38-25-23(20)24(33)30(13-10-18-7-4-3-5-8-18)26(34)31(25)17-22(32)28-15-19-9-6-14-37-19/h3-5,7-8,19H,2,6,9-17H2,1H3,(H,28,32). The number of ether oxygens (including phenoxy) is 2. The number of hydrogen-bond acceptors (Lipinski definition) is 7. The summed E-state index contributed by atoms with van der Waals surface area (Å²) in [6.45, 7) is 3.84. The van der Waals surface area contributed by atoms with Crippen molar-refractivity contribution in [1.29, 1.82) is 0 Å². The summed E-state index contributed by atoms with van der Waals surface area (Å²) in [7, 11) is 0. The first-order chi connectivity index (χ1) is 18.5. The van der Waals surface area contributed by atoms with Crippen LogP contribution in [0.1, 0.15) is 35.8 Å². The van der Waals surface area contributed by atoms with E-state index in [2.05, 4.69) is 5.32 Å². The Hall–Kier alpha value is -3.44. The van der Waals surface area contributed by atoms with Gasteiger partial charge in [0.1, 0.15) is 11.4 Å². The molecule has 2 aliphatic heterocycles. The molecule has 4 heterocycles. The number of aromatic nitrogens is 2. The van der Waals surface area contributed by atoms with Crippen LogP contribution in [0.3, 0.4) is 0 Å². The van der Waals surface area contributed by atoms with Gasteiger partial charge in [0, 0.05) is 31.1 Å². The molecule has 1 unspecified atom stereocenters. The third-order valence-corrected chi connectivity index (χ3v) is 8.29. The van der Waals surface area contributed by atoms with E-state index < -0.39 is 11.8 Å². The molecule has 2 aromatic heterocycles. The second-order valence-corrected chi connectivity index (χ2v) is 10.6. The molecule has 0 spiro atoms. The van der Waals surface area contributed by atoms with Crippen molar-refractivity contribution in [3.05, 3.63) is 67.2 Å². The monoisotopic (exact) mass is 540 g/mol. The Morgan fingerprint density at radius 3 is 2.74 bits per heavy atom. The Labute approximate surface area is 223 Å². The van der Waals surface area contributed by atoms with Gasteiger partial charge in [-0.15, -0.1) is 11.3 Å². The van der Waals surface area contributed by atoms with Crippen LogP contribution >= 0.6 is 11.3 Å². The quantitative estimate of drug-likeness (QED) is 0.469. The highest BCUT2D eigenvalue weighted by molar-refractivity contribution is 7.18. The molecule has 0 radical (unpaired) electrons. The van der Waals surface area contributed by atoms with Gasteiger partial charge in [0.2, 0.25) is 5.91 Å². The van der Waals surface area contributed by atoms with E-state index in [9.17, 15) is 19.2 Å². The number of carbonyl (C=O) groups is 2. The third-order valence-electron chi connectivity index (χ3n) is 7.05. The van der Waals surface area contributed by atoms with Gasteiger partial charge in [-0.2, -0.15) is 0 Å². The number of nitrogens with one attached hydrogen (secondary N) is 1. The zero-order chi connectivity index (χ0) is 26.6. The fraction of sp³-hybridized carbons (Fsp3) is 0.481. The predicted molar refractivity (Wildman–Crippen MR) is 144 cm³/mol. The lowest BCUT2D eigenvalue weighted by Gasteiger charge is -2.25. The summed E-state index contributed by atoms with van der Waals surface area (Å²) in [4.78, 5) is 55.5. The molecule has 11 heteroatoms. The first kappa shape index (κ1) is 26.2. The lowest BCUT2D eigenvalue weighted by atomic mass is 10.1. The third kappa shape index (κ3) is 5.39. The van der Waals surface area contributed by atoms with Crippen LogP contribution in [0.2, 0.25) is 0 Å². The first-order valence-corrected chi connectivity index (χ1v) is 13.9. The van der Waals surface area contributed by atoms with Crippen LogP contribution < -0.4 is 16.6 Å². The minimum atomic E-state index is -0.508. The SMILES string of the molecule is CCOC(=O)N1CCc2c(sc3c2c(=O)n(CCc2ccccc2)c(=O)n3CC(=O)NCC2CCCO2)C1. The number of hydrogen-bond donors (Lipinski definition) is 1. The molecular weight excluding hydrogens is 508 g/mol. The summed E-state index contributed by atoms with van der Waals surface area (Å²) in [5.74, 6) is -0.309. The van der Waals surface area contributed by atoms with E-state index in [-0.39, 0.29) is 37.3 Å². The molecule has 1 fully saturated rings. The summed E-state index contributed by atoms with van der Waals surface area (Å²) in [6.07, 6.45) is 2.43. The van der Waals surface area contributed by atoms with Crippen molar-refractivity contribution in [2.24, 2.45) is 0 Å². The van der Waals surface area contributed by atoms with E-state index >= 15 is 0 Å². The molecule has 10 nitrogen and oxygen atoms in total. The van der Waals surface area contributed by atoms with Gasteiger partial charge in [0.25, 0.3) is 5.56 Å². The molecule has 202 valence electrons. The summed E-state index contributed by atoms with van der Waals surface area (Å²) >= 11 is 1.30. The van der Waals surface area contributed by atoms with Crippen molar-refractivity contribution in [2.75, 3.05) is 26.3 Å². The van der Waals surface area contributed by atoms with Crippen LogP contribution in [0.4, 0.5) is 4.79 Å². The van der Waals surface area contributed by atoms with E-state index in [4.69, 9.17) is 9.47 Å². The van der Waals surface area contributed by atoms with E-state index in [0.29, 0.717) is 49.3 Å². The molecule has 1 aromatic carbocycles. The average Bonchev–Trinajstić information content (AvgIpc) is 3.58. The van der Waals surface area contributed by atoms with Crippen LogP contribution in [0.5, 0.6) is 0 Å². The Morgan fingerprint density at radius 2 is 2.00 bits per heavy atom. The van der Waals surface area contributed by atoms with E-state index in [1.54, 1.807) is 11.8 Å². The molecule has 1 atom stereocenters. The number of aryl methyl sites for hydroxylation is 1. The van der Waals surface area contributed by atoms with Gasteiger partial charge in [0.05, 0.1) is 24.6 Å². The van der Waals surface area contributed by atoms with Gasteiger partial charge in [-0.1, -0.05) is 30.3 Å². The fourth-order valence-corrected chi connectivity index (χ4v) is 6.43. The molecule has 0 bridgehead atoms. The molecule has 3 aromatic rings. The molecular formula is C27H32N4O6S. The van der Waals surface area contributed by atoms with Gasteiger partial charge >= 0.3 is 11.8 Å². The number of thiophene rings is 1. The first-order valence-electron chi connectivity index (χ1n) is 13.1. The van der Waals surface area contributed by atoms with Crippen LogP contribution in [0.25, 0.3) is 10.2 Å². The Morgan fingerprint density at radius 1 is 1.18 bits per heavy atom. The predicted octanol–water partition coefficient (Wildman–Crippen LogP) is 2.28. The zero-order valence-corrected chi connectivity index (χ0v) is 22.3. The van der Waals surface area contributed by atoms with Crippen molar-refractivity contribution < 1.29 is 19.1 Å². The lowest BCUT2D eigenvalue weighted by Crippen LogP contribution is -2.43. The fourth-order valence-electron chi connectivity index (χ4n) is 5.08. The summed E-state index contributed by atoms with van der Waals surface area (Å²) in [5.41, 5.74) is 1.00. The van der Waals surface area contributed by atoms with Crippen LogP contribution in [-0.4, -0.2) is 58.4 Å². The Balaban J connectivity index is 1.50. The number of benzene rings is 1. The number of carbonyl (C=O) groups excluding carboxylic acids is 2. The molecule has 0 saturated carbocycles. The lowest BCUT2D eigenvalue weighted by molar-refractivity contribution is -0.122. The van der Waals surface area contributed by atoms with Crippen molar-refractivity contribution in [3.8, 4) is 0 Å². The zero-order valence-electron chi connectivity index (χ0n) is 21.4. The molecule has 1 saturated heterocycles. The van der Waals surface area contributed by atoms with E-state index in [1.165, 1.54) is 20.5 Å². The van der Waals surface area contributed by atoms with Crippen LogP contribution in [0.15, 0.2) is 39.9 Å². The van der Waals surface area contributed by atoms with Gasteiger partial charge < -0.3 is 19.7 Å². The van der Waals surface area contributed by atoms with Gasteiger partial charge in [-0.3, -0.25) is 18.7 Å². The van der Waals surface area contributed by atoms with Crippen LogP contribution in [0, 0.1) is 0 Å².